The molecule has 29 heavy (non-hydrogen) atoms. The Kier molecular flexibility index (Phi) is 8.19. The number of nitrogens with zero attached hydrogens (tertiary/aromatic N) is 1. The first-order valence-corrected chi connectivity index (χ1v) is 9.78. The summed E-state index contributed by atoms with van der Waals surface area (Å²) in [4.78, 5) is 26.9. The Balaban J connectivity index is 2.13. The molecule has 0 saturated carbocycles. The Morgan fingerprint density at radius 1 is 1.07 bits per heavy atom. The molecule has 2 amide bonds. The van der Waals surface area contributed by atoms with Gasteiger partial charge in [-0.1, -0.05) is 55.8 Å². The second-order valence-electron chi connectivity index (χ2n) is 7.54. The highest BCUT2D eigenvalue weighted by Gasteiger charge is 2.26. The minimum Gasteiger partial charge on any atom is -0.481 e. The van der Waals surface area contributed by atoms with E-state index in [9.17, 15) is 14.0 Å². The quantitative estimate of drug-likeness (QED) is 0.698. The fraction of sp³-hybridized carbons (Fsp3) is 0.391. The SMILES string of the molecule is Cc1ccc(CN(C(=O)COc2ccccc2F)C(C)C(=O)NCC(C)C)cc1. The number of aryl methyl sites for hydroxylation is 1. The number of para-hydroxylation sites is 1. The molecule has 0 spiro atoms. The van der Waals surface area contributed by atoms with Crippen molar-refractivity contribution < 1.29 is 18.7 Å². The van der Waals surface area contributed by atoms with Gasteiger partial charge in [0.25, 0.3) is 5.91 Å². The van der Waals surface area contributed by atoms with Crippen LogP contribution in [0.1, 0.15) is 31.9 Å². The Labute approximate surface area is 171 Å². The summed E-state index contributed by atoms with van der Waals surface area (Å²) >= 11 is 0. The number of carbonyl (C=O) groups excluding carboxylic acids is 2. The van der Waals surface area contributed by atoms with Crippen molar-refractivity contribution in [2.75, 3.05) is 13.2 Å². The van der Waals surface area contributed by atoms with Gasteiger partial charge in [-0.05, 0) is 37.5 Å². The first-order chi connectivity index (χ1) is 13.8. The standard InChI is InChI=1S/C23H29FN2O3/c1-16(2)13-25-23(28)18(4)26(14-19-11-9-17(3)10-12-19)22(27)15-29-21-8-6-5-7-20(21)24/h5-12,16,18H,13-15H2,1-4H3,(H,25,28). The summed E-state index contributed by atoms with van der Waals surface area (Å²) < 4.78 is 19.1. The highest BCUT2D eigenvalue weighted by molar-refractivity contribution is 5.87. The van der Waals surface area contributed by atoms with Crippen LogP contribution in [0.25, 0.3) is 0 Å². The summed E-state index contributed by atoms with van der Waals surface area (Å²) in [6.07, 6.45) is 0. The molecule has 5 nitrogen and oxygen atoms in total. The Morgan fingerprint density at radius 2 is 1.72 bits per heavy atom. The van der Waals surface area contributed by atoms with Crippen LogP contribution in [0.4, 0.5) is 4.39 Å². The van der Waals surface area contributed by atoms with Gasteiger partial charge in [-0.25, -0.2) is 4.39 Å². The van der Waals surface area contributed by atoms with Gasteiger partial charge in [-0.2, -0.15) is 0 Å². The van der Waals surface area contributed by atoms with E-state index in [-0.39, 0.29) is 30.7 Å². The van der Waals surface area contributed by atoms with Crippen LogP contribution in [-0.2, 0) is 16.1 Å². The number of benzene rings is 2. The molecule has 0 aliphatic carbocycles. The number of hydrogen-bond donors (Lipinski definition) is 1. The number of amides is 2. The number of halogens is 1. The summed E-state index contributed by atoms with van der Waals surface area (Å²) in [5.74, 6) is -0.843. The van der Waals surface area contributed by atoms with E-state index in [1.54, 1.807) is 19.1 Å². The van der Waals surface area contributed by atoms with Gasteiger partial charge in [0.1, 0.15) is 6.04 Å². The molecule has 0 fully saturated rings. The van der Waals surface area contributed by atoms with Crippen molar-refractivity contribution in [2.45, 2.75) is 40.3 Å². The molecule has 0 radical (unpaired) electrons. The second kappa shape index (κ2) is 10.6. The molecular weight excluding hydrogens is 371 g/mol. The van der Waals surface area contributed by atoms with Gasteiger partial charge < -0.3 is 15.0 Å². The lowest BCUT2D eigenvalue weighted by atomic mass is 10.1. The first kappa shape index (κ1) is 22.4. The van der Waals surface area contributed by atoms with Gasteiger partial charge in [-0.3, -0.25) is 9.59 Å². The van der Waals surface area contributed by atoms with Crippen LogP contribution in [0.3, 0.4) is 0 Å². The summed E-state index contributed by atoms with van der Waals surface area (Å²) in [5, 5.41) is 2.86. The van der Waals surface area contributed by atoms with E-state index >= 15 is 0 Å². The van der Waals surface area contributed by atoms with Gasteiger partial charge in [0.2, 0.25) is 5.91 Å². The van der Waals surface area contributed by atoms with E-state index in [4.69, 9.17) is 4.74 Å². The molecule has 6 heteroatoms. The third-order valence-electron chi connectivity index (χ3n) is 4.51. The molecule has 1 unspecified atom stereocenters. The van der Waals surface area contributed by atoms with Crippen LogP contribution in [-0.4, -0.2) is 35.9 Å². The third-order valence-corrected chi connectivity index (χ3v) is 4.51. The van der Waals surface area contributed by atoms with Crippen LogP contribution in [0, 0.1) is 18.7 Å². The van der Waals surface area contributed by atoms with E-state index in [0.29, 0.717) is 12.5 Å². The predicted molar refractivity (Wildman–Crippen MR) is 111 cm³/mol. The average molecular weight is 400 g/mol. The fourth-order valence-electron chi connectivity index (χ4n) is 2.71. The molecule has 0 aliphatic heterocycles. The van der Waals surface area contributed by atoms with Gasteiger partial charge >= 0.3 is 0 Å². The normalized spacial score (nSPS) is 11.8. The molecule has 2 rings (SSSR count). The highest BCUT2D eigenvalue weighted by atomic mass is 19.1. The maximum Gasteiger partial charge on any atom is 0.261 e. The van der Waals surface area contributed by atoms with Crippen molar-refractivity contribution in [1.29, 1.82) is 0 Å². The molecule has 1 atom stereocenters. The van der Waals surface area contributed by atoms with Crippen molar-refractivity contribution >= 4 is 11.8 Å². The van der Waals surface area contributed by atoms with E-state index < -0.39 is 11.9 Å². The third kappa shape index (κ3) is 6.89. The number of ether oxygens (including phenoxy) is 1. The zero-order chi connectivity index (χ0) is 21.4. The van der Waals surface area contributed by atoms with Crippen LogP contribution < -0.4 is 10.1 Å². The minimum atomic E-state index is -0.688. The number of carbonyl (C=O) groups is 2. The van der Waals surface area contributed by atoms with E-state index in [2.05, 4.69) is 5.32 Å². The van der Waals surface area contributed by atoms with Crippen molar-refractivity contribution in [3.05, 3.63) is 65.5 Å². The maximum absolute atomic E-state index is 13.8. The lowest BCUT2D eigenvalue weighted by Crippen LogP contribution is -2.49. The predicted octanol–water partition coefficient (Wildman–Crippen LogP) is 3.70. The molecule has 2 aromatic rings. The van der Waals surface area contributed by atoms with Gasteiger partial charge in [-0.15, -0.1) is 0 Å². The van der Waals surface area contributed by atoms with Crippen molar-refractivity contribution in [1.82, 2.24) is 10.2 Å². The second-order valence-corrected chi connectivity index (χ2v) is 7.54. The van der Waals surface area contributed by atoms with Crippen LogP contribution in [0.15, 0.2) is 48.5 Å². The van der Waals surface area contributed by atoms with Crippen LogP contribution in [0.5, 0.6) is 5.75 Å². The molecule has 0 bridgehead atoms. The summed E-state index contributed by atoms with van der Waals surface area (Å²) in [5.41, 5.74) is 2.01. The van der Waals surface area contributed by atoms with Crippen molar-refractivity contribution in [2.24, 2.45) is 5.92 Å². The zero-order valence-corrected chi connectivity index (χ0v) is 17.4. The van der Waals surface area contributed by atoms with Gasteiger partial charge in [0.15, 0.2) is 18.2 Å². The monoisotopic (exact) mass is 400 g/mol. The molecule has 0 saturated heterocycles. The molecule has 0 aliphatic rings. The molecule has 1 N–H and O–H groups in total. The molecule has 0 heterocycles. The summed E-state index contributed by atoms with van der Waals surface area (Å²) in [6, 6.07) is 13.0. The fourth-order valence-corrected chi connectivity index (χ4v) is 2.71. The van der Waals surface area contributed by atoms with Crippen molar-refractivity contribution in [3.8, 4) is 5.75 Å². The van der Waals surface area contributed by atoms with Crippen LogP contribution in [0.2, 0.25) is 0 Å². The van der Waals surface area contributed by atoms with Crippen molar-refractivity contribution in [3.63, 3.8) is 0 Å². The molecule has 0 aromatic heterocycles. The summed E-state index contributed by atoms with van der Waals surface area (Å²) in [7, 11) is 0. The van der Waals surface area contributed by atoms with Gasteiger partial charge in [0.05, 0.1) is 0 Å². The number of rotatable bonds is 9. The highest BCUT2D eigenvalue weighted by Crippen LogP contribution is 2.16. The van der Waals surface area contributed by atoms with E-state index in [0.717, 1.165) is 11.1 Å². The zero-order valence-electron chi connectivity index (χ0n) is 17.4. The topological polar surface area (TPSA) is 58.6 Å². The van der Waals surface area contributed by atoms with E-state index in [1.807, 2.05) is 45.0 Å². The lowest BCUT2D eigenvalue weighted by molar-refractivity contribution is -0.142. The maximum atomic E-state index is 13.8. The van der Waals surface area contributed by atoms with Gasteiger partial charge in [0, 0.05) is 13.1 Å². The Morgan fingerprint density at radius 3 is 2.34 bits per heavy atom. The molecule has 156 valence electrons. The van der Waals surface area contributed by atoms with Crippen LogP contribution >= 0.6 is 0 Å². The average Bonchev–Trinajstić information content (AvgIpc) is 2.70. The molecule has 2 aromatic carbocycles. The Hall–Kier alpha value is -2.89. The smallest absolute Gasteiger partial charge is 0.261 e. The van der Waals surface area contributed by atoms with E-state index in [1.165, 1.54) is 17.0 Å². The number of nitrogens with one attached hydrogen (secondary N) is 1. The largest absolute Gasteiger partial charge is 0.481 e. The minimum absolute atomic E-state index is 0.00745. The number of hydrogen-bond acceptors (Lipinski definition) is 3. The lowest BCUT2D eigenvalue weighted by Gasteiger charge is -2.29. The first-order valence-electron chi connectivity index (χ1n) is 9.78. The Bertz CT molecular complexity index is 821. The molecular formula is C23H29FN2O3. The summed E-state index contributed by atoms with van der Waals surface area (Å²) in [6.45, 7) is 8.11.